The Balaban J connectivity index is 2.11. The first-order valence-electron chi connectivity index (χ1n) is 7.35. The van der Waals surface area contributed by atoms with E-state index in [1.54, 1.807) is 6.07 Å². The van der Waals surface area contributed by atoms with E-state index in [-0.39, 0.29) is 5.84 Å². The Morgan fingerprint density at radius 1 is 1.33 bits per heavy atom. The summed E-state index contributed by atoms with van der Waals surface area (Å²) in [6.45, 7) is 8.97. The molecular weight excluding hydrogens is 286 g/mol. The number of oxime groups is 1. The van der Waals surface area contributed by atoms with Crippen molar-refractivity contribution in [2.24, 2.45) is 22.2 Å². The number of anilines is 1. The molecule has 4 nitrogen and oxygen atoms in total. The highest BCUT2D eigenvalue weighted by molar-refractivity contribution is 6.33. The standard InChI is InChI=1S/C16H24ClN3O/c1-16(2,3)12-6-8-20(9-7-12)14-5-4-11(10-13(14)17)15(18)19-21/h4-5,10,12,21H,6-9H2,1-3H3,(H2,18,19). The van der Waals surface area contributed by atoms with Crippen molar-refractivity contribution in [3.05, 3.63) is 28.8 Å². The topological polar surface area (TPSA) is 61.8 Å². The van der Waals surface area contributed by atoms with Crippen molar-refractivity contribution in [2.75, 3.05) is 18.0 Å². The maximum atomic E-state index is 8.71. The first kappa shape index (κ1) is 16.0. The van der Waals surface area contributed by atoms with Crippen molar-refractivity contribution in [1.29, 1.82) is 0 Å². The Hall–Kier alpha value is -1.42. The molecule has 1 heterocycles. The SMILES string of the molecule is CC(C)(C)C1CCN(c2ccc(C(N)=NO)cc2Cl)CC1. The zero-order valence-corrected chi connectivity index (χ0v) is 13.7. The third-order valence-electron chi connectivity index (χ3n) is 4.41. The number of hydrogen-bond acceptors (Lipinski definition) is 3. The summed E-state index contributed by atoms with van der Waals surface area (Å²) in [6.07, 6.45) is 2.36. The normalized spacial score (nSPS) is 18.1. The predicted octanol–water partition coefficient (Wildman–Crippen LogP) is 3.70. The zero-order valence-electron chi connectivity index (χ0n) is 12.9. The molecule has 1 aliphatic rings. The Bertz CT molecular complexity index is 529. The average molecular weight is 310 g/mol. The van der Waals surface area contributed by atoms with Gasteiger partial charge in [0.2, 0.25) is 0 Å². The van der Waals surface area contributed by atoms with Crippen LogP contribution in [0.25, 0.3) is 0 Å². The number of piperidine rings is 1. The molecule has 0 atom stereocenters. The summed E-state index contributed by atoms with van der Waals surface area (Å²) in [5, 5.41) is 12.4. The third kappa shape index (κ3) is 3.62. The van der Waals surface area contributed by atoms with E-state index in [1.807, 2.05) is 12.1 Å². The van der Waals surface area contributed by atoms with Gasteiger partial charge in [-0.1, -0.05) is 37.5 Å². The van der Waals surface area contributed by atoms with E-state index in [2.05, 4.69) is 30.8 Å². The lowest BCUT2D eigenvalue weighted by molar-refractivity contribution is 0.199. The Labute approximate surface area is 131 Å². The quantitative estimate of drug-likeness (QED) is 0.379. The van der Waals surface area contributed by atoms with Crippen LogP contribution in [0.2, 0.25) is 5.02 Å². The zero-order chi connectivity index (χ0) is 15.6. The van der Waals surface area contributed by atoms with Crippen LogP contribution in [0.5, 0.6) is 0 Å². The molecule has 116 valence electrons. The monoisotopic (exact) mass is 309 g/mol. The van der Waals surface area contributed by atoms with Crippen molar-refractivity contribution >= 4 is 23.1 Å². The number of rotatable bonds is 2. The molecule has 0 aromatic heterocycles. The molecule has 3 N–H and O–H groups in total. The van der Waals surface area contributed by atoms with Crippen LogP contribution in [0.3, 0.4) is 0 Å². The van der Waals surface area contributed by atoms with Crippen LogP contribution in [0.1, 0.15) is 39.2 Å². The predicted molar refractivity (Wildman–Crippen MR) is 88.4 cm³/mol. The molecule has 0 radical (unpaired) electrons. The van der Waals surface area contributed by atoms with Crippen LogP contribution in [0.4, 0.5) is 5.69 Å². The second-order valence-corrected chi connectivity index (χ2v) is 7.19. The minimum Gasteiger partial charge on any atom is -0.409 e. The van der Waals surface area contributed by atoms with Crippen LogP contribution < -0.4 is 10.6 Å². The van der Waals surface area contributed by atoms with E-state index in [1.165, 1.54) is 12.8 Å². The molecule has 0 spiro atoms. The fraction of sp³-hybridized carbons (Fsp3) is 0.562. The van der Waals surface area contributed by atoms with Crippen LogP contribution in [0, 0.1) is 11.3 Å². The Morgan fingerprint density at radius 3 is 2.43 bits per heavy atom. The van der Waals surface area contributed by atoms with Crippen molar-refractivity contribution in [3.63, 3.8) is 0 Å². The smallest absolute Gasteiger partial charge is 0.170 e. The molecule has 5 heteroatoms. The maximum Gasteiger partial charge on any atom is 0.170 e. The third-order valence-corrected chi connectivity index (χ3v) is 4.71. The number of amidine groups is 1. The summed E-state index contributed by atoms with van der Waals surface area (Å²) in [6, 6.07) is 5.54. The van der Waals surface area contributed by atoms with Gasteiger partial charge in [-0.2, -0.15) is 0 Å². The molecule has 0 unspecified atom stereocenters. The number of nitrogens with zero attached hydrogens (tertiary/aromatic N) is 2. The van der Waals surface area contributed by atoms with Gasteiger partial charge in [0.05, 0.1) is 10.7 Å². The number of nitrogens with two attached hydrogens (primary N) is 1. The summed E-state index contributed by atoms with van der Waals surface area (Å²) in [4.78, 5) is 2.32. The highest BCUT2D eigenvalue weighted by atomic mass is 35.5. The number of halogens is 1. The molecule has 1 aliphatic heterocycles. The van der Waals surface area contributed by atoms with Crippen molar-refractivity contribution in [2.45, 2.75) is 33.6 Å². The molecule has 0 amide bonds. The molecule has 0 saturated carbocycles. The van der Waals surface area contributed by atoms with Gasteiger partial charge >= 0.3 is 0 Å². The van der Waals surface area contributed by atoms with Gasteiger partial charge in [-0.15, -0.1) is 0 Å². The average Bonchev–Trinajstić information content (AvgIpc) is 2.45. The van der Waals surface area contributed by atoms with Crippen molar-refractivity contribution in [3.8, 4) is 0 Å². The molecule has 1 saturated heterocycles. The highest BCUT2D eigenvalue weighted by Crippen LogP contribution is 2.37. The van der Waals surface area contributed by atoms with Crippen LogP contribution in [-0.2, 0) is 0 Å². The van der Waals surface area contributed by atoms with E-state index < -0.39 is 0 Å². The van der Waals surface area contributed by atoms with E-state index in [9.17, 15) is 0 Å². The van der Waals surface area contributed by atoms with Gasteiger partial charge < -0.3 is 15.8 Å². The summed E-state index contributed by atoms with van der Waals surface area (Å²) in [5.41, 5.74) is 7.61. The lowest BCUT2D eigenvalue weighted by Gasteiger charge is -2.40. The molecule has 1 aromatic rings. The van der Waals surface area contributed by atoms with Gasteiger partial charge in [-0.3, -0.25) is 0 Å². The molecule has 1 aromatic carbocycles. The lowest BCUT2D eigenvalue weighted by Crippen LogP contribution is -2.38. The van der Waals surface area contributed by atoms with Gasteiger partial charge in [0.25, 0.3) is 0 Å². The fourth-order valence-electron chi connectivity index (χ4n) is 2.97. The number of hydrogen-bond donors (Lipinski definition) is 2. The van der Waals surface area contributed by atoms with E-state index >= 15 is 0 Å². The minimum absolute atomic E-state index is 0.0786. The van der Waals surface area contributed by atoms with E-state index in [0.717, 1.165) is 24.7 Å². The first-order valence-corrected chi connectivity index (χ1v) is 7.73. The summed E-state index contributed by atoms with van der Waals surface area (Å²) in [7, 11) is 0. The maximum absolute atomic E-state index is 8.71. The Morgan fingerprint density at radius 2 is 1.95 bits per heavy atom. The molecule has 0 bridgehead atoms. The van der Waals surface area contributed by atoms with Crippen LogP contribution in [-0.4, -0.2) is 24.1 Å². The van der Waals surface area contributed by atoms with Crippen molar-refractivity contribution in [1.82, 2.24) is 0 Å². The van der Waals surface area contributed by atoms with Crippen molar-refractivity contribution < 1.29 is 5.21 Å². The van der Waals surface area contributed by atoms with E-state index in [4.69, 9.17) is 22.5 Å². The van der Waals surface area contributed by atoms with Gasteiger partial charge in [0.1, 0.15) is 0 Å². The van der Waals surface area contributed by atoms with Gasteiger partial charge in [-0.05, 0) is 42.4 Å². The van der Waals surface area contributed by atoms with E-state index in [0.29, 0.717) is 16.0 Å². The fourth-order valence-corrected chi connectivity index (χ4v) is 3.27. The van der Waals surface area contributed by atoms with Crippen LogP contribution in [0.15, 0.2) is 23.4 Å². The molecular formula is C16H24ClN3O. The first-order chi connectivity index (χ1) is 9.82. The lowest BCUT2D eigenvalue weighted by atomic mass is 9.75. The van der Waals surface area contributed by atoms with Gasteiger partial charge in [-0.25, -0.2) is 0 Å². The molecule has 2 rings (SSSR count). The second kappa shape index (κ2) is 6.14. The molecule has 21 heavy (non-hydrogen) atoms. The van der Waals surface area contributed by atoms with Crippen LogP contribution >= 0.6 is 11.6 Å². The summed E-state index contributed by atoms with van der Waals surface area (Å²) < 4.78 is 0. The van der Waals surface area contributed by atoms with Gasteiger partial charge in [0.15, 0.2) is 5.84 Å². The summed E-state index contributed by atoms with van der Waals surface area (Å²) in [5.74, 6) is 0.832. The largest absolute Gasteiger partial charge is 0.409 e. The molecule has 1 fully saturated rings. The second-order valence-electron chi connectivity index (χ2n) is 6.78. The van der Waals surface area contributed by atoms with Gasteiger partial charge in [0, 0.05) is 18.7 Å². The summed E-state index contributed by atoms with van der Waals surface area (Å²) >= 11 is 6.36. The number of benzene rings is 1. The molecule has 0 aliphatic carbocycles. The minimum atomic E-state index is 0.0786. The Kier molecular flexibility index (Phi) is 4.67. The highest BCUT2D eigenvalue weighted by Gasteiger charge is 2.29.